The van der Waals surface area contributed by atoms with Crippen molar-refractivity contribution in [2.24, 2.45) is 0 Å². The first kappa shape index (κ1) is 58.6. The van der Waals surface area contributed by atoms with Crippen LogP contribution in [0.1, 0.15) is 50.0 Å². The molecule has 0 spiro atoms. The minimum absolute atomic E-state index is 0.348. The van der Waals surface area contributed by atoms with Gasteiger partial charge >= 0.3 is 0 Å². The van der Waals surface area contributed by atoms with Crippen LogP contribution in [0.2, 0.25) is 0 Å². The summed E-state index contributed by atoms with van der Waals surface area (Å²) in [4.78, 5) is 45.5. The number of hydrogen-bond donors (Lipinski definition) is 3. The van der Waals surface area contributed by atoms with Gasteiger partial charge in [0.2, 0.25) is 0 Å². The molecule has 3 fully saturated rings. The molecule has 0 aliphatic carbocycles. The Labute approximate surface area is 519 Å². The summed E-state index contributed by atoms with van der Waals surface area (Å²) in [5.41, 5.74) is 6.72. The van der Waals surface area contributed by atoms with E-state index in [1.165, 1.54) is 71.2 Å². The summed E-state index contributed by atoms with van der Waals surface area (Å²) in [6, 6.07) is 19.8. The Balaban J connectivity index is 0.000000121. The first-order chi connectivity index (χ1) is 42.6. The Bertz CT molecular complexity index is 3860. The zero-order valence-corrected chi connectivity index (χ0v) is 50.8. The van der Waals surface area contributed by atoms with Gasteiger partial charge in [-0.05, 0) is 71.3 Å². The molecule has 9 aromatic heterocycles. The Kier molecular flexibility index (Phi) is 17.9. The van der Waals surface area contributed by atoms with E-state index < -0.39 is 18.3 Å². The van der Waals surface area contributed by atoms with E-state index in [4.69, 9.17) is 14.2 Å². The molecule has 3 atom stereocenters. The number of nitrogens with zero attached hydrogens (tertiary/aromatic N) is 12. The maximum absolute atomic E-state index is 14.8. The molecule has 3 aromatic carbocycles. The summed E-state index contributed by atoms with van der Waals surface area (Å²) in [5, 5.41) is 42.2. The zero-order valence-electron chi connectivity index (χ0n) is 45.9. The van der Waals surface area contributed by atoms with Crippen molar-refractivity contribution in [3.05, 3.63) is 176 Å². The van der Waals surface area contributed by atoms with E-state index in [1.54, 1.807) is 105 Å². The van der Waals surface area contributed by atoms with Crippen molar-refractivity contribution in [2.45, 2.75) is 18.3 Å². The van der Waals surface area contributed by atoms with Crippen molar-refractivity contribution in [1.82, 2.24) is 44.9 Å². The third-order valence-electron chi connectivity index (χ3n) is 14.6. The third kappa shape index (κ3) is 12.7. The fourth-order valence-electron chi connectivity index (χ4n) is 10.1. The van der Waals surface area contributed by atoms with E-state index in [1.807, 2.05) is 18.2 Å². The molecule has 87 heavy (non-hydrogen) atoms. The molecule has 3 aliphatic rings. The van der Waals surface area contributed by atoms with Crippen LogP contribution in [0.15, 0.2) is 127 Å². The molecule has 0 saturated carbocycles. The molecule has 0 radical (unpaired) electrons. The largest absolute Gasteiger partial charge is 0.381 e. The molecule has 15 rings (SSSR count). The smallest absolute Gasteiger partial charge is 0.132 e. The Morgan fingerprint density at radius 2 is 0.667 bits per heavy atom. The predicted octanol–water partition coefficient (Wildman–Crippen LogP) is 11.6. The van der Waals surface area contributed by atoms with Crippen LogP contribution in [-0.2, 0) is 14.2 Å². The van der Waals surface area contributed by atoms with E-state index in [-0.39, 0.29) is 17.5 Å². The summed E-state index contributed by atoms with van der Waals surface area (Å²) in [6.07, 6.45) is 6.57. The minimum atomic E-state index is -0.904. The van der Waals surface area contributed by atoms with E-state index >= 15 is 0 Å². The third-order valence-corrected chi connectivity index (χ3v) is 20.7. The predicted molar refractivity (Wildman–Crippen MR) is 336 cm³/mol. The second-order valence-electron chi connectivity index (χ2n) is 19.9. The fraction of sp³-hybridized carbons (Fsp3) is 0.250. The standard InChI is InChI=1S/3C20H17FN4O2S2/c3*21-14-2-1-12(18(26)20-22-3-8-28-20)9-13(14)17-19-15(23-11-24-17)10-16(29-19)25-4-6-27-7-5-25/h3*1-3,8-11,18,26H,4-7H2. The topological polar surface area (TPSA) is 214 Å². The first-order valence-corrected chi connectivity index (χ1v) is 32.5. The Hall–Kier alpha value is -7.38. The van der Waals surface area contributed by atoms with Gasteiger partial charge in [0.05, 0.1) is 102 Å². The number of rotatable bonds is 12. The highest BCUT2D eigenvalue weighted by Gasteiger charge is 2.25. The van der Waals surface area contributed by atoms with E-state index in [2.05, 4.69) is 59.6 Å². The monoisotopic (exact) mass is 1280 g/mol. The molecule has 12 aromatic rings. The van der Waals surface area contributed by atoms with Gasteiger partial charge in [0.15, 0.2) is 0 Å². The van der Waals surface area contributed by atoms with Crippen molar-refractivity contribution < 1.29 is 42.7 Å². The van der Waals surface area contributed by atoms with Crippen molar-refractivity contribution in [3.63, 3.8) is 0 Å². The second kappa shape index (κ2) is 26.5. The average molecular weight is 1290 g/mol. The lowest BCUT2D eigenvalue weighted by Gasteiger charge is -2.27. The number of fused-ring (bicyclic) bond motifs is 3. The quantitative estimate of drug-likeness (QED) is 0.104. The van der Waals surface area contributed by atoms with Crippen LogP contribution in [0.3, 0.4) is 0 Å². The SMILES string of the molecule is OC(c1ccc(F)c(-c2ncnc3cc(N4CCOCC4)sc23)c1)c1nccs1.OC(c1ccc(F)c(-c2ncnc3cc(N4CCOCC4)sc23)c1)c1nccs1.OC(c1ccc(F)c(-c2ncnc3cc(N4CCOCC4)sc23)c1)c1nccs1. The molecular weight excluding hydrogens is 1230 g/mol. The van der Waals surface area contributed by atoms with Crippen LogP contribution in [0.4, 0.5) is 28.2 Å². The normalized spacial score (nSPS) is 15.7. The number of aliphatic hydroxyl groups is 3. The Morgan fingerprint density at radius 3 is 0.931 bits per heavy atom. The molecule has 12 heterocycles. The van der Waals surface area contributed by atoms with Gasteiger partial charge < -0.3 is 44.2 Å². The van der Waals surface area contributed by atoms with Crippen molar-refractivity contribution in [1.29, 1.82) is 0 Å². The Morgan fingerprint density at radius 1 is 0.379 bits per heavy atom. The average Bonchev–Trinajstić information content (AvgIpc) is 2.58. The molecule has 0 amide bonds. The van der Waals surface area contributed by atoms with Gasteiger partial charge in [-0.1, -0.05) is 18.2 Å². The van der Waals surface area contributed by atoms with Gasteiger partial charge in [-0.15, -0.1) is 68.0 Å². The maximum atomic E-state index is 14.8. The van der Waals surface area contributed by atoms with Gasteiger partial charge in [-0.2, -0.15) is 0 Å². The first-order valence-electron chi connectivity index (χ1n) is 27.5. The fourth-order valence-corrected chi connectivity index (χ4v) is 15.6. The number of hydrogen-bond acceptors (Lipinski definition) is 24. The van der Waals surface area contributed by atoms with E-state index in [0.29, 0.717) is 105 Å². The van der Waals surface area contributed by atoms with Gasteiger partial charge in [0.25, 0.3) is 0 Å². The number of thiazole rings is 3. The van der Waals surface area contributed by atoms with Crippen molar-refractivity contribution >= 4 is 114 Å². The zero-order chi connectivity index (χ0) is 59.4. The summed E-state index contributed by atoms with van der Waals surface area (Å²) in [5.74, 6) is -1.16. The number of morpholine rings is 3. The summed E-state index contributed by atoms with van der Waals surface area (Å²) in [7, 11) is 0. The highest BCUT2D eigenvalue weighted by molar-refractivity contribution is 7.24. The van der Waals surface area contributed by atoms with Crippen molar-refractivity contribution in [2.75, 3.05) is 93.6 Å². The number of ether oxygens (including phenoxy) is 3. The number of benzene rings is 3. The van der Waals surface area contributed by atoms with Crippen LogP contribution in [-0.4, -0.2) is 139 Å². The number of aromatic nitrogens is 9. The highest BCUT2D eigenvalue weighted by atomic mass is 32.1. The lowest BCUT2D eigenvalue weighted by molar-refractivity contribution is 0.123. The van der Waals surface area contributed by atoms with Gasteiger partial charge in [-0.3, -0.25) is 0 Å². The molecule has 3 N–H and O–H groups in total. The second-order valence-corrected chi connectivity index (χ2v) is 25.8. The molecule has 3 saturated heterocycles. The minimum Gasteiger partial charge on any atom is -0.381 e. The van der Waals surface area contributed by atoms with Crippen LogP contribution >= 0.6 is 68.0 Å². The molecule has 3 unspecified atom stereocenters. The molecule has 27 heteroatoms. The summed E-state index contributed by atoms with van der Waals surface area (Å²) in [6.45, 7) is 9.07. The van der Waals surface area contributed by atoms with Gasteiger partial charge in [0.1, 0.15) is 69.8 Å². The molecule has 3 aliphatic heterocycles. The molecule has 0 bridgehead atoms. The van der Waals surface area contributed by atoms with Crippen molar-refractivity contribution in [3.8, 4) is 33.8 Å². The maximum Gasteiger partial charge on any atom is 0.132 e. The molecule has 18 nitrogen and oxygen atoms in total. The van der Waals surface area contributed by atoms with Crippen LogP contribution in [0.25, 0.3) is 64.4 Å². The molecule has 444 valence electrons. The number of halogens is 3. The number of aliphatic hydroxyl groups excluding tert-OH is 3. The summed E-state index contributed by atoms with van der Waals surface area (Å²) >= 11 is 8.73. The van der Waals surface area contributed by atoms with E-state index in [9.17, 15) is 28.5 Å². The highest BCUT2D eigenvalue weighted by Crippen LogP contribution is 2.43. The lowest BCUT2D eigenvalue weighted by Crippen LogP contribution is -2.35. The van der Waals surface area contributed by atoms with Crippen LogP contribution < -0.4 is 14.7 Å². The number of thiophene rings is 3. The number of anilines is 3. The van der Waals surface area contributed by atoms with Gasteiger partial charge in [0, 0.05) is 90.7 Å². The van der Waals surface area contributed by atoms with Gasteiger partial charge in [-0.25, -0.2) is 58.0 Å². The molecular formula is C60H51F3N12O6S6. The van der Waals surface area contributed by atoms with E-state index in [0.717, 1.165) is 84.9 Å². The summed E-state index contributed by atoms with van der Waals surface area (Å²) < 4.78 is 63.1. The lowest BCUT2D eigenvalue weighted by atomic mass is 10.0. The van der Waals surface area contributed by atoms with Crippen LogP contribution in [0, 0.1) is 17.5 Å². The van der Waals surface area contributed by atoms with Crippen LogP contribution in [0.5, 0.6) is 0 Å².